The average Bonchev–Trinajstić information content (AvgIpc) is 3.48. The van der Waals surface area contributed by atoms with Crippen molar-refractivity contribution in [3.05, 3.63) is 23.1 Å². The Labute approximate surface area is 216 Å². The Kier molecular flexibility index (Phi) is 6.09. The van der Waals surface area contributed by atoms with Crippen molar-refractivity contribution in [3.63, 3.8) is 0 Å². The second-order valence-electron chi connectivity index (χ2n) is 11.6. The minimum atomic E-state index is -1.91. The molecule has 1 aliphatic heterocycles. The number of hydrogen-bond donors (Lipinski definition) is 1. The van der Waals surface area contributed by atoms with Crippen LogP contribution in [0.4, 0.5) is 5.82 Å². The summed E-state index contributed by atoms with van der Waals surface area (Å²) in [5, 5.41) is 3.84. The molecular formula is C24H34ClN5O3SSi. The van der Waals surface area contributed by atoms with Crippen LogP contribution in [-0.4, -0.2) is 52.4 Å². The van der Waals surface area contributed by atoms with E-state index in [-0.39, 0.29) is 34.5 Å². The molecule has 35 heavy (non-hydrogen) atoms. The SMILES string of the molecule is CC1(C)O[C@@H]2[C@@H](CO[Si](C)(C)C(C)(C)C)C[C@@H](n3cc(-c4nccs4)c4c(N)nc(Cl)nc43)[C@@H]2O1. The molecule has 4 atom stereocenters. The number of anilines is 1. The van der Waals surface area contributed by atoms with Crippen LogP contribution in [-0.2, 0) is 13.9 Å². The van der Waals surface area contributed by atoms with E-state index in [1.807, 2.05) is 19.2 Å². The van der Waals surface area contributed by atoms with Crippen molar-refractivity contribution in [2.75, 3.05) is 12.3 Å². The van der Waals surface area contributed by atoms with E-state index in [2.05, 4.69) is 59.6 Å². The molecule has 3 aromatic rings. The summed E-state index contributed by atoms with van der Waals surface area (Å²) in [4.78, 5) is 13.3. The third-order valence-corrected chi connectivity index (χ3v) is 13.2. The highest BCUT2D eigenvalue weighted by atomic mass is 35.5. The quantitative estimate of drug-likeness (QED) is 0.321. The molecule has 0 aromatic carbocycles. The van der Waals surface area contributed by atoms with Gasteiger partial charge in [0.15, 0.2) is 14.1 Å². The Balaban J connectivity index is 1.55. The topological polar surface area (TPSA) is 97.3 Å². The van der Waals surface area contributed by atoms with Gasteiger partial charge in [0.05, 0.1) is 17.5 Å². The number of hydrogen-bond acceptors (Lipinski definition) is 8. The number of rotatable bonds is 5. The van der Waals surface area contributed by atoms with Gasteiger partial charge in [0, 0.05) is 35.9 Å². The van der Waals surface area contributed by atoms with E-state index in [1.165, 1.54) is 0 Å². The molecule has 1 saturated heterocycles. The highest BCUT2D eigenvalue weighted by molar-refractivity contribution is 7.13. The van der Waals surface area contributed by atoms with Gasteiger partial charge in [0.2, 0.25) is 5.28 Å². The predicted octanol–water partition coefficient (Wildman–Crippen LogP) is 5.89. The first-order valence-electron chi connectivity index (χ1n) is 12.0. The van der Waals surface area contributed by atoms with Gasteiger partial charge in [-0.3, -0.25) is 0 Å². The van der Waals surface area contributed by atoms with Gasteiger partial charge in [-0.25, -0.2) is 9.97 Å². The first-order valence-corrected chi connectivity index (χ1v) is 16.2. The van der Waals surface area contributed by atoms with Crippen LogP contribution in [0.25, 0.3) is 21.6 Å². The normalized spacial score (nSPS) is 26.5. The van der Waals surface area contributed by atoms with Gasteiger partial charge in [-0.1, -0.05) is 20.8 Å². The zero-order valence-electron chi connectivity index (χ0n) is 21.3. The van der Waals surface area contributed by atoms with Crippen molar-refractivity contribution in [1.82, 2.24) is 19.5 Å². The molecule has 0 spiro atoms. The van der Waals surface area contributed by atoms with Crippen molar-refractivity contribution < 1.29 is 13.9 Å². The Hall–Kier alpha value is -1.56. The maximum Gasteiger partial charge on any atom is 0.226 e. The summed E-state index contributed by atoms with van der Waals surface area (Å²) in [5.74, 6) is -0.132. The summed E-state index contributed by atoms with van der Waals surface area (Å²) in [6.45, 7) is 15.9. The molecular weight excluding hydrogens is 502 g/mol. The van der Waals surface area contributed by atoms with Crippen molar-refractivity contribution in [1.29, 1.82) is 0 Å². The first-order chi connectivity index (χ1) is 16.3. The van der Waals surface area contributed by atoms with Crippen LogP contribution >= 0.6 is 22.9 Å². The summed E-state index contributed by atoms with van der Waals surface area (Å²) in [5.41, 5.74) is 7.94. The van der Waals surface area contributed by atoms with E-state index in [0.717, 1.165) is 22.4 Å². The van der Waals surface area contributed by atoms with Crippen LogP contribution in [0, 0.1) is 5.92 Å². The van der Waals surface area contributed by atoms with Gasteiger partial charge < -0.3 is 24.2 Å². The van der Waals surface area contributed by atoms with E-state index in [9.17, 15) is 0 Å². The molecule has 5 rings (SSSR count). The summed E-state index contributed by atoms with van der Waals surface area (Å²) in [6.07, 6.45) is 4.47. The number of aromatic nitrogens is 4. The third kappa shape index (κ3) is 4.42. The maximum absolute atomic E-state index is 6.65. The molecule has 8 nitrogen and oxygen atoms in total. The molecule has 2 N–H and O–H groups in total. The molecule has 1 saturated carbocycles. The molecule has 1 aliphatic carbocycles. The van der Waals surface area contributed by atoms with Gasteiger partial charge >= 0.3 is 0 Å². The zero-order chi connectivity index (χ0) is 25.3. The average molecular weight is 536 g/mol. The molecule has 0 unspecified atom stereocenters. The van der Waals surface area contributed by atoms with Crippen molar-refractivity contribution >= 4 is 48.1 Å². The van der Waals surface area contributed by atoms with Gasteiger partial charge in [-0.15, -0.1) is 11.3 Å². The van der Waals surface area contributed by atoms with Gasteiger partial charge in [-0.2, -0.15) is 4.98 Å². The summed E-state index contributed by atoms with van der Waals surface area (Å²) < 4.78 is 21.7. The first kappa shape index (κ1) is 25.1. The Morgan fingerprint density at radius 2 is 1.97 bits per heavy atom. The van der Waals surface area contributed by atoms with E-state index in [1.54, 1.807) is 17.5 Å². The molecule has 4 heterocycles. The smallest absolute Gasteiger partial charge is 0.226 e. The second-order valence-corrected chi connectivity index (χ2v) is 17.6. The van der Waals surface area contributed by atoms with Crippen molar-refractivity contribution in [3.8, 4) is 10.6 Å². The summed E-state index contributed by atoms with van der Waals surface area (Å²) >= 11 is 7.82. The minimum Gasteiger partial charge on any atom is -0.416 e. The van der Waals surface area contributed by atoms with Crippen molar-refractivity contribution in [2.45, 2.75) is 83.2 Å². The van der Waals surface area contributed by atoms with E-state index >= 15 is 0 Å². The van der Waals surface area contributed by atoms with Gasteiger partial charge in [0.25, 0.3) is 0 Å². The van der Waals surface area contributed by atoms with E-state index in [0.29, 0.717) is 18.1 Å². The standard InChI is InChI=1S/C24H34ClN5O3SSi/c1-23(2,3)35(6,7)31-12-13-10-15(18-17(13)32-24(4,5)33-18)30-11-14(21-27-8-9-34-21)16-19(26)28-22(25)29-20(16)30/h8-9,11,13,15,17-18H,10,12H2,1-7H3,(H2,26,28,29)/t13-,15-,17-,18+/m1/s1. The fraction of sp³-hybridized carbons (Fsp3) is 0.625. The highest BCUT2D eigenvalue weighted by Gasteiger charge is 2.55. The molecule has 3 aromatic heterocycles. The second kappa shape index (κ2) is 8.49. The van der Waals surface area contributed by atoms with Crippen LogP contribution < -0.4 is 5.73 Å². The highest BCUT2D eigenvalue weighted by Crippen LogP contribution is 2.50. The fourth-order valence-corrected chi connectivity index (χ4v) is 6.83. The Morgan fingerprint density at radius 3 is 2.63 bits per heavy atom. The lowest BCUT2D eigenvalue weighted by atomic mass is 10.1. The third-order valence-electron chi connectivity index (χ3n) is 7.71. The number of ether oxygens (including phenoxy) is 2. The van der Waals surface area contributed by atoms with E-state index in [4.69, 9.17) is 31.2 Å². The van der Waals surface area contributed by atoms with Gasteiger partial charge in [-0.05, 0) is 50.0 Å². The van der Waals surface area contributed by atoms with Gasteiger partial charge in [0.1, 0.15) is 22.6 Å². The summed E-state index contributed by atoms with van der Waals surface area (Å²) in [6, 6.07) is -0.0173. The van der Waals surface area contributed by atoms with Crippen LogP contribution in [0.2, 0.25) is 23.4 Å². The number of halogens is 1. The van der Waals surface area contributed by atoms with Crippen LogP contribution in [0.3, 0.4) is 0 Å². The molecule has 0 radical (unpaired) electrons. The Morgan fingerprint density at radius 1 is 1.26 bits per heavy atom. The number of nitrogens with two attached hydrogens (primary N) is 1. The maximum atomic E-state index is 6.65. The molecule has 190 valence electrons. The number of nitrogens with zero attached hydrogens (tertiary/aromatic N) is 4. The van der Waals surface area contributed by atoms with Crippen LogP contribution in [0.15, 0.2) is 17.8 Å². The predicted molar refractivity (Wildman–Crippen MR) is 142 cm³/mol. The lowest BCUT2D eigenvalue weighted by Crippen LogP contribution is -2.43. The fourth-order valence-electron chi connectivity index (χ4n) is 4.94. The molecule has 0 bridgehead atoms. The number of thiazole rings is 1. The van der Waals surface area contributed by atoms with Crippen LogP contribution in [0.5, 0.6) is 0 Å². The lowest BCUT2D eigenvalue weighted by Gasteiger charge is -2.37. The Bertz CT molecular complexity index is 1240. The lowest BCUT2D eigenvalue weighted by molar-refractivity contribution is -0.161. The van der Waals surface area contributed by atoms with Crippen LogP contribution in [0.1, 0.15) is 47.1 Å². The van der Waals surface area contributed by atoms with E-state index < -0.39 is 14.1 Å². The molecule has 2 fully saturated rings. The van der Waals surface area contributed by atoms with Crippen molar-refractivity contribution in [2.24, 2.45) is 5.92 Å². The zero-order valence-corrected chi connectivity index (χ0v) is 23.9. The molecule has 0 amide bonds. The monoisotopic (exact) mass is 535 g/mol. The number of fused-ring (bicyclic) bond motifs is 2. The molecule has 2 aliphatic rings. The number of nitrogen functional groups attached to an aromatic ring is 1. The minimum absolute atomic E-state index is 0.0173. The largest absolute Gasteiger partial charge is 0.416 e. The summed E-state index contributed by atoms with van der Waals surface area (Å²) in [7, 11) is -1.91. The molecule has 11 heteroatoms.